The molecule has 0 aromatic carbocycles. The highest BCUT2D eigenvalue weighted by molar-refractivity contribution is 7.48. The van der Waals surface area contributed by atoms with Crippen LogP contribution in [0.1, 0.15) is 24.9 Å². The van der Waals surface area contributed by atoms with Crippen molar-refractivity contribution in [2.45, 2.75) is 98.2 Å². The second-order valence-corrected chi connectivity index (χ2v) is 27.1. The van der Waals surface area contributed by atoms with Crippen molar-refractivity contribution >= 4 is 107 Å². The molecule has 12 rings (SSSR count). The Bertz CT molecular complexity index is 4350. The number of fused-ring (bicyclic) bond motifs is 4. The molecular weight excluding hydrogens is 1360 g/mol. The van der Waals surface area contributed by atoms with Crippen LogP contribution in [0.2, 0.25) is 0 Å². The van der Waals surface area contributed by atoms with Gasteiger partial charge in [-0.3, -0.25) is 54.5 Å². The largest absolute Gasteiger partial charge is 0.472 e. The maximum absolute atomic E-state index is 14.2. The lowest BCUT2D eigenvalue weighted by atomic mass is 10.1. The molecule has 504 valence electrons. The Morgan fingerprint density at radius 3 is 0.828 bits per heavy atom. The number of aliphatic hydroxyl groups is 4. The maximum Gasteiger partial charge on any atom is 0.472 e. The van der Waals surface area contributed by atoms with Crippen LogP contribution >= 0.6 is 39.1 Å². The van der Waals surface area contributed by atoms with Gasteiger partial charge in [-0.15, -0.1) is 0 Å². The number of rotatable bonds is 24. The minimum absolute atomic E-state index is 0.000116. The number of aliphatic hydroxyl groups excluding tert-OH is 4. The van der Waals surface area contributed by atoms with Gasteiger partial charge in [-0.2, -0.15) is 0 Å². The van der Waals surface area contributed by atoms with Crippen molar-refractivity contribution in [3.05, 3.63) is 50.6 Å². The number of imidazole rings is 4. The van der Waals surface area contributed by atoms with E-state index >= 15 is 0 Å². The SMILES string of the molecule is Nc1ncnc2c1ncn2[C@@H]1O[C@H](COP(=O)(O)O[C@@H]2[C@H](O)[C@@H](COP(=O)(O)O[C@@H]3[C@H](O)[C@@H](COP(=O)(O)O)O[C@H]3n3cnc4c(N)ncnc43)O[C@H]2n2cnc3c(N)ncnc32)[C@H](O)[C@H]1OP(=O)(O)OC[C@H]1O[C@@H](n2cnc3c(N)ncnc32)[C@H](OP(=O)(O)O)[C@@H]1O. The zero-order valence-corrected chi connectivity index (χ0v) is 50.7. The van der Waals surface area contributed by atoms with Crippen molar-refractivity contribution in [3.63, 3.8) is 0 Å². The van der Waals surface area contributed by atoms with Crippen LogP contribution in [-0.2, 0) is 78.0 Å². The summed E-state index contributed by atoms with van der Waals surface area (Å²) in [5.41, 5.74) is 23.4. The van der Waals surface area contributed by atoms with E-state index in [1.54, 1.807) is 0 Å². The third-order valence-electron chi connectivity index (χ3n) is 14.5. The molecule has 0 bridgehead atoms. The molecule has 8 aromatic heterocycles. The lowest BCUT2D eigenvalue weighted by molar-refractivity contribution is -0.0655. The number of anilines is 4. The molecule has 4 fully saturated rings. The molecule has 53 heteroatoms. The summed E-state index contributed by atoms with van der Waals surface area (Å²) in [6, 6.07) is 0. The number of nitrogen functional groups attached to an aromatic ring is 4. The van der Waals surface area contributed by atoms with Crippen LogP contribution in [0.4, 0.5) is 23.3 Å². The third kappa shape index (κ3) is 13.6. The van der Waals surface area contributed by atoms with E-state index in [0.717, 1.165) is 68.9 Å². The second-order valence-electron chi connectivity index (χ2n) is 20.4. The second kappa shape index (κ2) is 25.3. The van der Waals surface area contributed by atoms with Crippen molar-refractivity contribution in [1.29, 1.82) is 0 Å². The molecule has 12 heterocycles. The van der Waals surface area contributed by atoms with Gasteiger partial charge in [0.15, 0.2) is 70.8 Å². The average Bonchev–Trinajstić information content (AvgIpc) is 1.64. The van der Waals surface area contributed by atoms with Crippen LogP contribution in [0.15, 0.2) is 50.6 Å². The highest BCUT2D eigenvalue weighted by Crippen LogP contribution is 2.55. The molecule has 93 heavy (non-hydrogen) atoms. The van der Waals surface area contributed by atoms with Crippen molar-refractivity contribution in [1.82, 2.24) is 78.1 Å². The Morgan fingerprint density at radius 2 is 0.591 bits per heavy atom. The standard InChI is InChI=1S/C40H51N20O28P5/c41-29-17-33(49-5-45-29)57(9-53-17)37-25(85-90(68,69)70)21(61)14(82-37)2-78-91(71,72)87-27-23(63)16(84-39(27)59-11-55-19-31(43)47-7-51-35(19)59)4-80-93(75,76)88-28-24(64)15(83-40(28)60-12-56-20-32(44)48-8-52-36(20)60)3-79-92(73,74)86-26-22(62)13(1-77-89(65,66)67)81-38(26)58-10-54-18-30(42)46-6-50-34(18)58/h5-16,21-28,37-40,61-64H,1-4H2,(H,71,72)(H,73,74)(H,75,76)(H2,41,45,49)(H2,42,46,50)(H2,43,47,51)(H2,44,48,52)(H2,65,66,67)(H2,68,69,70)/t13-,14-,15-,16-,21-,22-,23+,24-,25-,26-,27-,28-,37-,38-,39-,40-/m1/s1. The molecule has 0 saturated carbocycles. The van der Waals surface area contributed by atoms with Crippen molar-refractivity contribution in [2.24, 2.45) is 0 Å². The van der Waals surface area contributed by atoms with Crippen molar-refractivity contribution in [2.75, 3.05) is 49.4 Å². The first kappa shape index (κ1) is 66.6. The first-order valence-electron chi connectivity index (χ1n) is 26.3. The van der Waals surface area contributed by atoms with Crippen LogP contribution in [0.3, 0.4) is 0 Å². The molecule has 4 aliphatic rings. The molecule has 0 aliphatic carbocycles. The number of hydrogen-bond donors (Lipinski definition) is 15. The van der Waals surface area contributed by atoms with E-state index in [0.29, 0.717) is 0 Å². The molecule has 4 aliphatic heterocycles. The number of phosphoric ester groups is 5. The van der Waals surface area contributed by atoms with Gasteiger partial charge in [-0.05, 0) is 0 Å². The van der Waals surface area contributed by atoms with E-state index in [9.17, 15) is 77.5 Å². The lowest BCUT2D eigenvalue weighted by Crippen LogP contribution is -2.37. The van der Waals surface area contributed by atoms with Crippen LogP contribution in [-0.4, -0.2) is 232 Å². The van der Waals surface area contributed by atoms with Crippen LogP contribution in [0.5, 0.6) is 0 Å². The van der Waals surface area contributed by atoms with E-state index < -0.39 is 164 Å². The summed E-state index contributed by atoms with van der Waals surface area (Å²) in [6.45, 7) is -4.43. The lowest BCUT2D eigenvalue weighted by Gasteiger charge is -2.25. The molecule has 0 amide bonds. The molecule has 0 radical (unpaired) electrons. The smallest absolute Gasteiger partial charge is 0.387 e. The number of hydrogen-bond acceptors (Lipinski definition) is 37. The number of nitrogens with zero attached hydrogens (tertiary/aromatic N) is 16. The molecule has 8 aromatic rings. The summed E-state index contributed by atoms with van der Waals surface area (Å²) in [4.78, 5) is 120. The number of ether oxygens (including phenoxy) is 4. The highest BCUT2D eigenvalue weighted by atomic mass is 31.2. The highest BCUT2D eigenvalue weighted by Gasteiger charge is 2.56. The minimum atomic E-state index is -5.68. The summed E-state index contributed by atoms with van der Waals surface area (Å²) < 4.78 is 135. The predicted octanol–water partition coefficient (Wildman–Crippen LogP) is -4.20. The Hall–Kier alpha value is -6.37. The summed E-state index contributed by atoms with van der Waals surface area (Å²) in [7, 11) is -27.4. The number of aromatic nitrogens is 16. The predicted molar refractivity (Wildman–Crippen MR) is 295 cm³/mol. The normalized spacial score (nSPS) is 30.7. The fraction of sp³-hybridized carbons (Fsp3) is 0.500. The summed E-state index contributed by atoms with van der Waals surface area (Å²) in [5, 5.41) is 46.3. The van der Waals surface area contributed by atoms with Crippen molar-refractivity contribution < 1.29 is 133 Å². The average molecular weight is 1410 g/mol. The fourth-order valence-electron chi connectivity index (χ4n) is 10.4. The monoisotopic (exact) mass is 1410 g/mol. The zero-order chi connectivity index (χ0) is 66.4. The van der Waals surface area contributed by atoms with E-state index in [-0.39, 0.29) is 67.9 Å². The molecule has 19 N–H and O–H groups in total. The van der Waals surface area contributed by atoms with E-state index in [1.807, 2.05) is 0 Å². The first-order chi connectivity index (χ1) is 43.8. The Morgan fingerprint density at radius 1 is 0.355 bits per heavy atom. The van der Waals surface area contributed by atoms with Gasteiger partial charge >= 0.3 is 39.1 Å². The van der Waals surface area contributed by atoms with Gasteiger partial charge in [0, 0.05) is 0 Å². The van der Waals surface area contributed by atoms with Gasteiger partial charge in [0.2, 0.25) is 0 Å². The van der Waals surface area contributed by atoms with E-state index in [2.05, 4.69) is 64.3 Å². The van der Waals surface area contributed by atoms with Gasteiger partial charge in [0.25, 0.3) is 0 Å². The number of phosphoric acid groups is 5. The van der Waals surface area contributed by atoms with Gasteiger partial charge in [0.1, 0.15) is 121 Å². The van der Waals surface area contributed by atoms with Gasteiger partial charge in [-0.25, -0.2) is 82.6 Å². The molecular formula is C40H51N20O28P5. The minimum Gasteiger partial charge on any atom is -0.387 e. The maximum atomic E-state index is 14.2. The quantitative estimate of drug-likeness (QED) is 0.0255. The molecule has 19 atom stereocenters. The van der Waals surface area contributed by atoms with E-state index in [4.69, 9.17) is 73.5 Å². The van der Waals surface area contributed by atoms with Gasteiger partial charge in [0.05, 0.1) is 51.7 Å². The zero-order valence-electron chi connectivity index (χ0n) is 46.2. The van der Waals surface area contributed by atoms with Crippen molar-refractivity contribution in [3.8, 4) is 0 Å². The van der Waals surface area contributed by atoms with Crippen LogP contribution in [0, 0.1) is 0 Å². The molecule has 48 nitrogen and oxygen atoms in total. The van der Waals surface area contributed by atoms with Gasteiger partial charge < -0.3 is 96.6 Å². The van der Waals surface area contributed by atoms with E-state index in [1.165, 1.54) is 0 Å². The Kier molecular flexibility index (Phi) is 18.1. The Labute approximate surface area is 514 Å². The topological polar surface area (TPSA) is 697 Å². The van der Waals surface area contributed by atoms with Crippen LogP contribution in [0.25, 0.3) is 44.7 Å². The number of nitrogens with two attached hydrogens (primary N) is 4. The summed E-state index contributed by atoms with van der Waals surface area (Å²) in [5.74, 6) is -0.560. The summed E-state index contributed by atoms with van der Waals surface area (Å²) in [6.07, 6.45) is -22.3. The molecule has 4 saturated heterocycles. The van der Waals surface area contributed by atoms with Gasteiger partial charge in [-0.1, -0.05) is 0 Å². The molecule has 0 spiro atoms. The first-order valence-corrected chi connectivity index (χ1v) is 33.9. The fourth-order valence-corrected chi connectivity index (χ4v) is 14.1. The third-order valence-corrected chi connectivity index (χ3v) is 18.5. The van der Waals surface area contributed by atoms with Crippen LogP contribution < -0.4 is 22.9 Å². The Balaban J connectivity index is 0.757. The molecule has 3 unspecified atom stereocenters. The summed E-state index contributed by atoms with van der Waals surface area (Å²) >= 11 is 0.